The molecular weight excluding hydrogens is 647 g/mol. The smallest absolute Gasteiger partial charge is 0.232 e. The van der Waals surface area contributed by atoms with Crippen molar-refractivity contribution in [1.29, 1.82) is 0 Å². The van der Waals surface area contributed by atoms with Crippen molar-refractivity contribution in [3.63, 3.8) is 0 Å². The van der Waals surface area contributed by atoms with Crippen LogP contribution in [0.4, 0.5) is 30.7 Å². The van der Waals surface area contributed by atoms with Gasteiger partial charge in [0.15, 0.2) is 0 Å². The molecule has 6 heterocycles. The van der Waals surface area contributed by atoms with Gasteiger partial charge in [0, 0.05) is 12.3 Å². The van der Waals surface area contributed by atoms with Crippen LogP contribution < -0.4 is 20.4 Å². The Kier molecular flexibility index (Phi) is 9.29. The number of carbonyl (C=O) groups excluding carboxylic acids is 2. The van der Waals surface area contributed by atoms with Crippen molar-refractivity contribution in [2.45, 2.75) is 63.2 Å². The molecule has 4 aromatic heterocycles. The first-order chi connectivity index (χ1) is 22.8. The molecule has 0 bridgehead atoms. The molecule has 2 amide bonds. The van der Waals surface area contributed by atoms with E-state index in [2.05, 4.69) is 41.0 Å². The average molecular weight is 681 g/mol. The van der Waals surface area contributed by atoms with Gasteiger partial charge < -0.3 is 20.4 Å². The van der Waals surface area contributed by atoms with Crippen molar-refractivity contribution in [1.82, 2.24) is 30.4 Å². The summed E-state index contributed by atoms with van der Waals surface area (Å²) in [5, 5.41) is 25.5. The van der Waals surface area contributed by atoms with E-state index in [9.17, 15) is 18.4 Å². The number of pyridine rings is 2. The topological polar surface area (TPSA) is 142 Å². The zero-order valence-electron chi connectivity index (χ0n) is 25.5. The van der Waals surface area contributed by atoms with E-state index in [1.54, 1.807) is 12.1 Å². The van der Waals surface area contributed by atoms with E-state index < -0.39 is 12.3 Å². The summed E-state index contributed by atoms with van der Waals surface area (Å²) in [6.07, 6.45) is 3.35. The standard InChI is InChI=1S/C31H34F2N10O2S2/c32-20-14-42(15-20)24-8-2-6-22(34-24)12-26(44)36-30-40-38-28(46-30)11-18-4-1-5-19(10-18)29-39-41-31(47-29)37-27(45)13-23-7-3-9-25(35-23)43-16-21(33)17-43/h2-3,6-9,18-21H,1,4-5,10-17H2,(H,36,40,44)(H,37,41,45). The fourth-order valence-electron chi connectivity index (χ4n) is 6.15. The molecule has 2 N–H and O–H groups in total. The summed E-state index contributed by atoms with van der Waals surface area (Å²) < 4.78 is 26.4. The van der Waals surface area contributed by atoms with E-state index in [0.29, 0.717) is 65.4 Å². The van der Waals surface area contributed by atoms with Crippen LogP contribution in [0, 0.1) is 5.92 Å². The van der Waals surface area contributed by atoms with Crippen molar-refractivity contribution >= 4 is 56.4 Å². The molecule has 2 saturated heterocycles. The van der Waals surface area contributed by atoms with Crippen molar-refractivity contribution in [2.24, 2.45) is 5.92 Å². The number of anilines is 4. The highest BCUT2D eigenvalue weighted by molar-refractivity contribution is 7.15. The third kappa shape index (κ3) is 7.87. The normalized spacial score (nSPS) is 20.0. The first-order valence-corrected chi connectivity index (χ1v) is 17.4. The molecule has 0 aromatic carbocycles. The highest BCUT2D eigenvalue weighted by Crippen LogP contribution is 2.40. The van der Waals surface area contributed by atoms with Crippen LogP contribution >= 0.6 is 22.7 Å². The fraction of sp³-hybridized carbons (Fsp3) is 0.484. The number of amides is 2. The number of rotatable bonds is 11. The summed E-state index contributed by atoms with van der Waals surface area (Å²) in [6.45, 7) is 1.32. The molecular formula is C31H34F2N10O2S2. The molecule has 3 fully saturated rings. The van der Waals surface area contributed by atoms with Gasteiger partial charge in [0.25, 0.3) is 0 Å². The Morgan fingerprint density at radius 2 is 1.34 bits per heavy atom. The number of nitrogens with zero attached hydrogens (tertiary/aromatic N) is 8. The van der Waals surface area contributed by atoms with Crippen LogP contribution in [0.15, 0.2) is 36.4 Å². The number of nitrogens with one attached hydrogen (secondary N) is 2. The summed E-state index contributed by atoms with van der Waals surface area (Å²) >= 11 is 2.78. The van der Waals surface area contributed by atoms with Gasteiger partial charge in [0.05, 0.1) is 50.4 Å². The Balaban J connectivity index is 0.876. The molecule has 7 rings (SSSR count). The molecule has 12 nitrogen and oxygen atoms in total. The van der Waals surface area contributed by atoms with Gasteiger partial charge in [-0.15, -0.1) is 20.4 Å². The minimum Gasteiger partial charge on any atom is -0.351 e. The van der Waals surface area contributed by atoms with Crippen molar-refractivity contribution in [3.05, 3.63) is 57.8 Å². The summed E-state index contributed by atoms with van der Waals surface area (Å²) in [6, 6.07) is 10.9. The summed E-state index contributed by atoms with van der Waals surface area (Å²) in [4.78, 5) is 38.1. The maximum Gasteiger partial charge on any atom is 0.232 e. The summed E-state index contributed by atoms with van der Waals surface area (Å²) in [7, 11) is 0. The van der Waals surface area contributed by atoms with Crippen LogP contribution in [-0.4, -0.2) is 80.7 Å². The minimum atomic E-state index is -0.824. The fourth-order valence-corrected chi connectivity index (χ4v) is 7.92. The first kappa shape index (κ1) is 31.4. The average Bonchev–Trinajstić information content (AvgIpc) is 3.67. The predicted molar refractivity (Wildman–Crippen MR) is 176 cm³/mol. The molecule has 4 aromatic rings. The second-order valence-corrected chi connectivity index (χ2v) is 14.4. The molecule has 2 aliphatic heterocycles. The highest BCUT2D eigenvalue weighted by atomic mass is 32.1. The molecule has 1 aliphatic carbocycles. The number of halogens is 2. The van der Waals surface area contributed by atoms with Crippen LogP contribution in [0.5, 0.6) is 0 Å². The molecule has 0 radical (unpaired) electrons. The van der Waals surface area contributed by atoms with E-state index in [4.69, 9.17) is 0 Å². The maximum atomic E-state index is 13.2. The predicted octanol–water partition coefficient (Wildman–Crippen LogP) is 4.37. The molecule has 2 unspecified atom stereocenters. The van der Waals surface area contributed by atoms with E-state index in [-0.39, 0.29) is 30.6 Å². The monoisotopic (exact) mass is 680 g/mol. The third-order valence-electron chi connectivity index (χ3n) is 8.58. The van der Waals surface area contributed by atoms with Gasteiger partial charge in [0.2, 0.25) is 22.1 Å². The van der Waals surface area contributed by atoms with Crippen LogP contribution in [0.2, 0.25) is 0 Å². The Hall–Kier alpha value is -4.18. The summed E-state index contributed by atoms with van der Waals surface area (Å²) in [5.74, 6) is 1.54. The third-order valence-corrected chi connectivity index (χ3v) is 10.4. The number of hydrogen-bond donors (Lipinski definition) is 2. The lowest BCUT2D eigenvalue weighted by Gasteiger charge is -2.35. The van der Waals surface area contributed by atoms with Gasteiger partial charge in [-0.2, -0.15) is 0 Å². The van der Waals surface area contributed by atoms with Crippen molar-refractivity contribution in [3.8, 4) is 0 Å². The van der Waals surface area contributed by atoms with Crippen LogP contribution in [0.1, 0.15) is 53.0 Å². The number of hydrogen-bond acceptors (Lipinski definition) is 12. The number of aromatic nitrogens is 6. The van der Waals surface area contributed by atoms with Crippen molar-refractivity contribution in [2.75, 3.05) is 46.6 Å². The molecule has 16 heteroatoms. The van der Waals surface area contributed by atoms with Crippen LogP contribution in [-0.2, 0) is 28.9 Å². The molecule has 3 aliphatic rings. The van der Waals surface area contributed by atoms with E-state index in [0.717, 1.165) is 42.1 Å². The van der Waals surface area contributed by atoms with Crippen LogP contribution in [0.25, 0.3) is 0 Å². The molecule has 1 saturated carbocycles. The van der Waals surface area contributed by atoms with Gasteiger partial charge in [-0.1, -0.05) is 41.2 Å². The second-order valence-electron chi connectivity index (χ2n) is 12.3. The maximum absolute atomic E-state index is 13.2. The minimum absolute atomic E-state index is 0.0923. The van der Waals surface area contributed by atoms with Gasteiger partial charge >= 0.3 is 0 Å². The van der Waals surface area contributed by atoms with E-state index in [1.807, 2.05) is 34.1 Å². The van der Waals surface area contributed by atoms with E-state index >= 15 is 0 Å². The van der Waals surface area contributed by atoms with Gasteiger partial charge in [0.1, 0.15) is 34.0 Å². The quantitative estimate of drug-likeness (QED) is 0.235. The lowest BCUT2D eigenvalue weighted by Crippen LogP contribution is -2.48. The Labute approximate surface area is 278 Å². The Morgan fingerprint density at radius 1 is 0.766 bits per heavy atom. The second kappa shape index (κ2) is 13.9. The molecule has 0 spiro atoms. The van der Waals surface area contributed by atoms with Gasteiger partial charge in [-0.3, -0.25) is 9.59 Å². The Morgan fingerprint density at radius 3 is 1.94 bits per heavy atom. The number of carbonyl (C=O) groups is 2. The summed E-state index contributed by atoms with van der Waals surface area (Å²) in [5.41, 5.74) is 1.23. The lowest BCUT2D eigenvalue weighted by molar-refractivity contribution is -0.116. The molecule has 246 valence electrons. The van der Waals surface area contributed by atoms with Gasteiger partial charge in [-0.25, -0.2) is 18.7 Å². The van der Waals surface area contributed by atoms with Gasteiger partial charge in [-0.05, 0) is 49.4 Å². The SMILES string of the molecule is O=C(Cc1cccc(N2CC(F)C2)n1)Nc1nnc(CC2CCCC(c3nnc(NC(=O)Cc4cccc(N5CC(F)C5)n4)s3)C2)s1. The van der Waals surface area contributed by atoms with Crippen LogP contribution in [0.3, 0.4) is 0 Å². The zero-order valence-corrected chi connectivity index (χ0v) is 27.2. The molecule has 2 atom stereocenters. The molecule has 47 heavy (non-hydrogen) atoms. The highest BCUT2D eigenvalue weighted by Gasteiger charge is 2.29. The number of alkyl halides is 2. The largest absolute Gasteiger partial charge is 0.351 e. The lowest BCUT2D eigenvalue weighted by atomic mass is 9.80. The first-order valence-electron chi connectivity index (χ1n) is 15.8. The van der Waals surface area contributed by atoms with E-state index in [1.165, 1.54) is 22.7 Å². The zero-order chi connectivity index (χ0) is 32.3. The Bertz CT molecular complexity index is 1730. The van der Waals surface area contributed by atoms with Crippen molar-refractivity contribution < 1.29 is 18.4 Å².